The minimum absolute atomic E-state index is 0.120. The number of ether oxygens (including phenoxy) is 2. The highest BCUT2D eigenvalue weighted by Gasteiger charge is 2.42. The van der Waals surface area contributed by atoms with Crippen molar-refractivity contribution in [3.05, 3.63) is 65.4 Å². The van der Waals surface area contributed by atoms with E-state index in [1.165, 1.54) is 0 Å². The van der Waals surface area contributed by atoms with E-state index in [9.17, 15) is 9.90 Å². The number of amides is 1. The Morgan fingerprint density at radius 1 is 1.16 bits per heavy atom. The number of para-hydroxylation sites is 1. The molecule has 0 aliphatic carbocycles. The monoisotopic (exact) mass is 435 g/mol. The van der Waals surface area contributed by atoms with Gasteiger partial charge in [-0.1, -0.05) is 38.1 Å². The Hall–Kier alpha value is -3.32. The largest absolute Gasteiger partial charge is 0.507 e. The van der Waals surface area contributed by atoms with Crippen LogP contribution in [0.2, 0.25) is 0 Å². The van der Waals surface area contributed by atoms with Crippen LogP contribution in [0.1, 0.15) is 47.9 Å². The standard InChI is InChI=1S/C25H29N3O4/c1-16(2)11-13-32-18-8-6-7-17(15-18)24-21-22(19-9-4-5-10-20(19)29)26-27-23(21)25(30)28(24)12-14-31-3/h4-10,15-16,24,29H,11-14H2,1-3H3,(H,26,27)/t24-/m0/s1. The summed E-state index contributed by atoms with van der Waals surface area (Å²) in [6, 6.07) is 14.5. The molecule has 1 aliphatic heterocycles. The van der Waals surface area contributed by atoms with Crippen molar-refractivity contribution in [2.24, 2.45) is 5.92 Å². The number of carbonyl (C=O) groups excluding carboxylic acids is 1. The average molecular weight is 436 g/mol. The van der Waals surface area contributed by atoms with Crippen LogP contribution in [0.25, 0.3) is 11.3 Å². The second-order valence-corrected chi connectivity index (χ2v) is 8.38. The van der Waals surface area contributed by atoms with Crippen molar-refractivity contribution in [1.82, 2.24) is 15.1 Å². The van der Waals surface area contributed by atoms with E-state index in [-0.39, 0.29) is 17.7 Å². The van der Waals surface area contributed by atoms with Crippen molar-refractivity contribution in [1.29, 1.82) is 0 Å². The highest BCUT2D eigenvalue weighted by molar-refractivity contribution is 6.00. The number of methoxy groups -OCH3 is 1. The van der Waals surface area contributed by atoms with Crippen LogP contribution in [0.4, 0.5) is 0 Å². The molecule has 0 bridgehead atoms. The molecule has 2 aromatic carbocycles. The van der Waals surface area contributed by atoms with Gasteiger partial charge in [-0.2, -0.15) is 5.10 Å². The average Bonchev–Trinajstić information content (AvgIpc) is 3.31. The highest BCUT2D eigenvalue weighted by Crippen LogP contribution is 2.44. The third-order valence-electron chi connectivity index (χ3n) is 5.70. The molecule has 7 nitrogen and oxygen atoms in total. The zero-order chi connectivity index (χ0) is 22.7. The first kappa shape index (κ1) is 21.9. The number of hydrogen-bond acceptors (Lipinski definition) is 5. The quantitative estimate of drug-likeness (QED) is 0.520. The first-order valence-corrected chi connectivity index (χ1v) is 10.9. The smallest absolute Gasteiger partial charge is 0.273 e. The molecular weight excluding hydrogens is 406 g/mol. The molecule has 2 heterocycles. The van der Waals surface area contributed by atoms with Gasteiger partial charge in [0.2, 0.25) is 0 Å². The molecule has 32 heavy (non-hydrogen) atoms. The van der Waals surface area contributed by atoms with Gasteiger partial charge in [0.25, 0.3) is 5.91 Å². The van der Waals surface area contributed by atoms with Crippen molar-refractivity contribution in [2.45, 2.75) is 26.3 Å². The van der Waals surface area contributed by atoms with E-state index >= 15 is 0 Å². The maximum atomic E-state index is 13.3. The maximum Gasteiger partial charge on any atom is 0.273 e. The summed E-state index contributed by atoms with van der Waals surface area (Å²) in [5.74, 6) is 1.31. The Bertz CT molecular complexity index is 1090. The molecule has 0 saturated heterocycles. The first-order valence-electron chi connectivity index (χ1n) is 10.9. The SMILES string of the molecule is COCCN1C(=O)c2[nH]nc(-c3ccccc3O)c2[C@@H]1c1cccc(OCCC(C)C)c1. The summed E-state index contributed by atoms with van der Waals surface area (Å²) in [5.41, 5.74) is 3.28. The van der Waals surface area contributed by atoms with E-state index in [1.54, 1.807) is 30.2 Å². The van der Waals surface area contributed by atoms with E-state index in [1.807, 2.05) is 30.3 Å². The number of phenols is 1. The van der Waals surface area contributed by atoms with E-state index in [0.29, 0.717) is 42.6 Å². The van der Waals surface area contributed by atoms with Crippen molar-refractivity contribution in [3.63, 3.8) is 0 Å². The Morgan fingerprint density at radius 3 is 2.72 bits per heavy atom. The minimum atomic E-state index is -0.366. The van der Waals surface area contributed by atoms with E-state index < -0.39 is 0 Å². The topological polar surface area (TPSA) is 87.7 Å². The van der Waals surface area contributed by atoms with Gasteiger partial charge in [0, 0.05) is 24.8 Å². The van der Waals surface area contributed by atoms with Crippen molar-refractivity contribution < 1.29 is 19.4 Å². The number of hydrogen-bond donors (Lipinski definition) is 2. The van der Waals surface area contributed by atoms with Crippen LogP contribution in [-0.2, 0) is 4.74 Å². The molecule has 2 N–H and O–H groups in total. The molecule has 0 unspecified atom stereocenters. The minimum Gasteiger partial charge on any atom is -0.507 e. The molecule has 0 saturated carbocycles. The first-order chi connectivity index (χ1) is 15.5. The molecule has 0 radical (unpaired) electrons. The van der Waals surface area contributed by atoms with Crippen LogP contribution < -0.4 is 4.74 Å². The molecule has 0 spiro atoms. The van der Waals surface area contributed by atoms with Gasteiger partial charge < -0.3 is 19.5 Å². The van der Waals surface area contributed by atoms with Crippen LogP contribution in [0.5, 0.6) is 11.5 Å². The number of aromatic nitrogens is 2. The lowest BCUT2D eigenvalue weighted by molar-refractivity contribution is 0.0677. The van der Waals surface area contributed by atoms with Gasteiger partial charge in [0.15, 0.2) is 0 Å². The second-order valence-electron chi connectivity index (χ2n) is 8.38. The number of carbonyl (C=O) groups is 1. The zero-order valence-corrected chi connectivity index (χ0v) is 18.7. The molecule has 1 atom stereocenters. The number of fused-ring (bicyclic) bond motifs is 1. The Kier molecular flexibility index (Phi) is 6.46. The molecule has 4 rings (SSSR count). The number of H-pyrrole nitrogens is 1. The van der Waals surface area contributed by atoms with Gasteiger partial charge in [-0.25, -0.2) is 0 Å². The predicted molar refractivity (Wildman–Crippen MR) is 122 cm³/mol. The Balaban J connectivity index is 1.76. The predicted octanol–water partition coefficient (Wildman–Crippen LogP) is 4.40. The summed E-state index contributed by atoms with van der Waals surface area (Å²) in [7, 11) is 1.62. The molecule has 1 aliphatic rings. The van der Waals surface area contributed by atoms with Gasteiger partial charge in [-0.05, 0) is 42.2 Å². The van der Waals surface area contributed by atoms with Crippen molar-refractivity contribution in [2.75, 3.05) is 26.9 Å². The van der Waals surface area contributed by atoms with Crippen molar-refractivity contribution in [3.8, 4) is 22.8 Å². The van der Waals surface area contributed by atoms with Gasteiger partial charge in [-0.3, -0.25) is 9.89 Å². The Morgan fingerprint density at radius 2 is 1.97 bits per heavy atom. The molecule has 168 valence electrons. The van der Waals surface area contributed by atoms with Crippen LogP contribution >= 0.6 is 0 Å². The molecule has 1 amide bonds. The third-order valence-corrected chi connectivity index (χ3v) is 5.70. The van der Waals surface area contributed by atoms with E-state index in [4.69, 9.17) is 9.47 Å². The normalized spacial score (nSPS) is 15.4. The lowest BCUT2D eigenvalue weighted by Gasteiger charge is -2.26. The molecular formula is C25H29N3O4. The second kappa shape index (κ2) is 9.44. The summed E-state index contributed by atoms with van der Waals surface area (Å²) >= 11 is 0. The lowest BCUT2D eigenvalue weighted by atomic mass is 9.95. The highest BCUT2D eigenvalue weighted by atomic mass is 16.5. The molecule has 7 heteroatoms. The van der Waals surface area contributed by atoms with Gasteiger partial charge in [0.1, 0.15) is 22.9 Å². The fourth-order valence-corrected chi connectivity index (χ4v) is 4.03. The summed E-state index contributed by atoms with van der Waals surface area (Å²) < 4.78 is 11.2. The van der Waals surface area contributed by atoms with Gasteiger partial charge in [-0.15, -0.1) is 0 Å². The van der Waals surface area contributed by atoms with E-state index in [2.05, 4.69) is 24.0 Å². The van der Waals surface area contributed by atoms with Crippen molar-refractivity contribution >= 4 is 5.91 Å². The summed E-state index contributed by atoms with van der Waals surface area (Å²) in [5, 5.41) is 17.7. The summed E-state index contributed by atoms with van der Waals surface area (Å²) in [6.07, 6.45) is 0.968. The zero-order valence-electron chi connectivity index (χ0n) is 18.7. The molecule has 0 fully saturated rings. The molecule has 1 aromatic heterocycles. The number of benzene rings is 2. The number of phenolic OH excluding ortho intramolecular Hbond substituents is 1. The van der Waals surface area contributed by atoms with Crippen LogP contribution in [0.3, 0.4) is 0 Å². The van der Waals surface area contributed by atoms with Gasteiger partial charge >= 0.3 is 0 Å². The van der Waals surface area contributed by atoms with Crippen LogP contribution in [0.15, 0.2) is 48.5 Å². The van der Waals surface area contributed by atoms with Crippen LogP contribution in [-0.4, -0.2) is 53.0 Å². The number of nitrogens with zero attached hydrogens (tertiary/aromatic N) is 2. The lowest BCUT2D eigenvalue weighted by Crippen LogP contribution is -2.32. The fourth-order valence-electron chi connectivity index (χ4n) is 4.03. The number of aromatic hydroxyl groups is 1. The number of aromatic amines is 1. The number of nitrogens with one attached hydrogen (secondary N) is 1. The summed E-state index contributed by atoms with van der Waals surface area (Å²) in [4.78, 5) is 15.0. The third kappa shape index (κ3) is 4.21. The van der Waals surface area contributed by atoms with Gasteiger partial charge in [0.05, 0.1) is 19.3 Å². The van der Waals surface area contributed by atoms with E-state index in [0.717, 1.165) is 23.3 Å². The fraction of sp³-hybridized carbons (Fsp3) is 0.360. The maximum absolute atomic E-state index is 13.3. The summed E-state index contributed by atoms with van der Waals surface area (Å²) in [6.45, 7) is 5.81. The number of rotatable bonds is 9. The molecule has 3 aromatic rings. The Labute approximate surface area is 188 Å². The van der Waals surface area contributed by atoms with Crippen LogP contribution in [0, 0.1) is 5.92 Å².